The molecule has 0 bridgehead atoms. The zero-order valence-corrected chi connectivity index (χ0v) is 21.5. The number of ether oxygens (including phenoxy) is 2. The van der Waals surface area contributed by atoms with Crippen molar-refractivity contribution in [1.82, 2.24) is 4.90 Å². The molecule has 1 aromatic rings. The Balaban J connectivity index is 0.000000289. The summed E-state index contributed by atoms with van der Waals surface area (Å²) >= 11 is 0. The highest BCUT2D eigenvalue weighted by Crippen LogP contribution is 2.54. The molecule has 3 aliphatic heterocycles. The number of carboxylic acids is 2. The summed E-state index contributed by atoms with van der Waals surface area (Å²) < 4.78 is 11.3. The molecular weight excluding hydrogens is 496 g/mol. The predicted octanol–water partition coefficient (Wildman–Crippen LogP) is 1.04. The van der Waals surface area contributed by atoms with Crippen LogP contribution in [0.2, 0.25) is 0 Å². The summed E-state index contributed by atoms with van der Waals surface area (Å²) in [5.41, 5.74) is 8.62. The van der Waals surface area contributed by atoms with Crippen LogP contribution in [-0.4, -0.2) is 94.7 Å². The Labute approximate surface area is 221 Å². The van der Waals surface area contributed by atoms with Gasteiger partial charge in [0.05, 0.1) is 12.2 Å². The summed E-state index contributed by atoms with van der Waals surface area (Å²) in [6.45, 7) is 6.29. The van der Waals surface area contributed by atoms with Crippen LogP contribution in [0.5, 0.6) is 5.75 Å². The molecule has 0 radical (unpaired) electrons. The Morgan fingerprint density at radius 2 is 1.63 bits per heavy atom. The van der Waals surface area contributed by atoms with Crippen molar-refractivity contribution in [1.29, 1.82) is 0 Å². The van der Waals surface area contributed by atoms with E-state index in [1.807, 2.05) is 12.1 Å². The van der Waals surface area contributed by atoms with Crippen LogP contribution >= 0.6 is 0 Å². The maximum absolute atomic E-state index is 12.9. The number of anilines is 1. The van der Waals surface area contributed by atoms with Gasteiger partial charge in [-0.1, -0.05) is 0 Å². The zero-order chi connectivity index (χ0) is 27.4. The monoisotopic (exact) mass is 534 g/mol. The number of rotatable bonds is 9. The van der Waals surface area contributed by atoms with E-state index in [1.54, 1.807) is 0 Å². The van der Waals surface area contributed by atoms with E-state index < -0.39 is 24.1 Å². The number of hydrogen-bond donors (Lipinski definition) is 5. The van der Waals surface area contributed by atoms with E-state index in [4.69, 9.17) is 35.6 Å². The van der Waals surface area contributed by atoms with Crippen molar-refractivity contribution < 1.29 is 44.3 Å². The fourth-order valence-electron chi connectivity index (χ4n) is 6.02. The van der Waals surface area contributed by atoms with Gasteiger partial charge < -0.3 is 40.5 Å². The third kappa shape index (κ3) is 6.63. The van der Waals surface area contributed by atoms with Gasteiger partial charge in [0.25, 0.3) is 0 Å². The molecule has 4 atom stereocenters. The van der Waals surface area contributed by atoms with Gasteiger partial charge in [0.15, 0.2) is 18.0 Å². The quantitative estimate of drug-likeness (QED) is 0.226. The smallest absolute Gasteiger partial charge is 0.335 e. The standard InChI is InChI=1S/C23H32N2O3.C4H6O6/c24-21-5-3-18(23-17(21)2-1-9-28-23)22(26)6-4-16-19-13-25(14-20(16)19)12-15-7-10-27-11-8-15;5-1(3(7)8)2(6)4(9)10/h3,5,15-16,19-20H,1-2,4,6-14,24H2;1-2,5-6H,(H,7,8)(H,9,10). The predicted molar refractivity (Wildman–Crippen MR) is 136 cm³/mol. The van der Waals surface area contributed by atoms with Gasteiger partial charge in [-0.2, -0.15) is 0 Å². The first-order valence-electron chi connectivity index (χ1n) is 13.4. The van der Waals surface area contributed by atoms with E-state index in [0.717, 1.165) is 78.7 Å². The summed E-state index contributed by atoms with van der Waals surface area (Å²) in [5, 5.41) is 32.5. The number of benzene rings is 1. The lowest BCUT2D eigenvalue weighted by Gasteiger charge is -2.28. The molecule has 1 saturated carbocycles. The Morgan fingerprint density at radius 1 is 1.00 bits per heavy atom. The van der Waals surface area contributed by atoms with Crippen LogP contribution in [0.15, 0.2) is 12.1 Å². The third-order valence-electron chi connectivity index (χ3n) is 8.23. The van der Waals surface area contributed by atoms with Crippen LogP contribution in [0.25, 0.3) is 0 Å². The molecular formula is C27H38N2O9. The number of carbonyl (C=O) groups excluding carboxylic acids is 1. The highest BCUT2D eigenvalue weighted by atomic mass is 16.5. The second-order valence-corrected chi connectivity index (χ2v) is 10.8. The van der Waals surface area contributed by atoms with Crippen LogP contribution < -0.4 is 10.5 Å². The minimum absolute atomic E-state index is 0.224. The van der Waals surface area contributed by atoms with Crippen molar-refractivity contribution >= 4 is 23.4 Å². The number of fused-ring (bicyclic) bond motifs is 2. The maximum Gasteiger partial charge on any atom is 0.335 e. The number of nitrogen functional groups attached to an aromatic ring is 1. The molecule has 3 fully saturated rings. The van der Waals surface area contributed by atoms with Gasteiger partial charge in [-0.25, -0.2) is 9.59 Å². The number of Topliss-reactive ketones (excluding diaryl/α,β-unsaturated/α-hetero) is 1. The summed E-state index contributed by atoms with van der Waals surface area (Å²) in [4.78, 5) is 35.1. The topological polar surface area (TPSA) is 180 Å². The second-order valence-electron chi connectivity index (χ2n) is 10.8. The first-order valence-corrected chi connectivity index (χ1v) is 13.4. The fraction of sp³-hybridized carbons (Fsp3) is 0.667. The van der Waals surface area contributed by atoms with Crippen LogP contribution in [0.3, 0.4) is 0 Å². The molecule has 3 heterocycles. The number of carbonyl (C=O) groups is 3. The van der Waals surface area contributed by atoms with Crippen LogP contribution in [0.1, 0.15) is 48.0 Å². The summed E-state index contributed by atoms with van der Waals surface area (Å²) in [6, 6.07) is 3.74. The third-order valence-corrected chi connectivity index (χ3v) is 8.23. The largest absolute Gasteiger partial charge is 0.492 e. The molecule has 6 N–H and O–H groups in total. The SMILES string of the molecule is Nc1ccc(C(=O)CCC2C3CN(CC4CCOCC4)CC23)c2c1CCCO2.O=C(O)C(O)C(O)C(=O)O. The van der Waals surface area contributed by atoms with Crippen molar-refractivity contribution in [2.24, 2.45) is 23.7 Å². The van der Waals surface area contributed by atoms with Crippen LogP contribution in [0, 0.1) is 23.7 Å². The number of hydrogen-bond acceptors (Lipinski definition) is 9. The van der Waals surface area contributed by atoms with E-state index >= 15 is 0 Å². The number of nitrogens with two attached hydrogens (primary N) is 1. The van der Waals surface area contributed by atoms with E-state index in [0.29, 0.717) is 13.0 Å². The van der Waals surface area contributed by atoms with Gasteiger partial charge in [-0.15, -0.1) is 0 Å². The molecule has 5 rings (SSSR count). The highest BCUT2D eigenvalue weighted by molar-refractivity contribution is 5.99. The first-order chi connectivity index (χ1) is 18.2. The first kappa shape index (κ1) is 28.3. The molecule has 1 aliphatic carbocycles. The molecule has 0 aromatic heterocycles. The fourth-order valence-corrected chi connectivity index (χ4v) is 6.02. The summed E-state index contributed by atoms with van der Waals surface area (Å²) in [7, 11) is 0. The van der Waals surface area contributed by atoms with Crippen molar-refractivity contribution in [3.63, 3.8) is 0 Å². The Morgan fingerprint density at radius 3 is 2.24 bits per heavy atom. The minimum atomic E-state index is -2.27. The van der Waals surface area contributed by atoms with Crippen molar-refractivity contribution in [2.75, 3.05) is 45.2 Å². The maximum atomic E-state index is 12.9. The summed E-state index contributed by atoms with van der Waals surface area (Å²) in [6.07, 6.45) is 1.46. The van der Waals surface area contributed by atoms with Gasteiger partial charge in [0.2, 0.25) is 0 Å². The Hall–Kier alpha value is -2.73. The average molecular weight is 535 g/mol. The molecule has 11 nitrogen and oxygen atoms in total. The highest BCUT2D eigenvalue weighted by Gasteiger charge is 2.54. The molecule has 0 amide bonds. The van der Waals surface area contributed by atoms with Crippen molar-refractivity contribution in [2.45, 2.75) is 50.7 Å². The van der Waals surface area contributed by atoms with Crippen molar-refractivity contribution in [3.8, 4) is 5.75 Å². The van der Waals surface area contributed by atoms with Gasteiger partial charge in [0, 0.05) is 50.5 Å². The number of aliphatic hydroxyl groups is 2. The number of aliphatic carboxylic acids is 2. The van der Waals surface area contributed by atoms with Gasteiger partial charge in [-0.3, -0.25) is 4.79 Å². The zero-order valence-electron chi connectivity index (χ0n) is 21.5. The molecule has 4 unspecified atom stereocenters. The lowest BCUT2D eigenvalue weighted by Crippen LogP contribution is -2.39. The van der Waals surface area contributed by atoms with E-state index in [2.05, 4.69) is 4.90 Å². The summed E-state index contributed by atoms with van der Waals surface area (Å²) in [5.74, 6) is 0.665. The van der Waals surface area contributed by atoms with Gasteiger partial charge in [0.1, 0.15) is 5.75 Å². The second kappa shape index (κ2) is 12.4. The van der Waals surface area contributed by atoms with E-state index in [9.17, 15) is 14.4 Å². The molecule has 0 spiro atoms. The lowest BCUT2D eigenvalue weighted by molar-refractivity contribution is -0.165. The normalized spacial score (nSPS) is 26.1. The Kier molecular flexibility index (Phi) is 9.24. The molecule has 2 saturated heterocycles. The average Bonchev–Trinajstić information content (AvgIpc) is 3.37. The molecule has 210 valence electrons. The number of carboxylic acid groups (broad SMARTS) is 2. The molecule has 1 aromatic carbocycles. The van der Waals surface area contributed by atoms with E-state index in [1.165, 1.54) is 32.5 Å². The van der Waals surface area contributed by atoms with Crippen LogP contribution in [-0.2, 0) is 20.7 Å². The van der Waals surface area contributed by atoms with Crippen LogP contribution in [0.4, 0.5) is 5.69 Å². The van der Waals surface area contributed by atoms with Gasteiger partial charge in [-0.05, 0) is 67.9 Å². The molecule has 11 heteroatoms. The molecule has 4 aliphatic rings. The van der Waals surface area contributed by atoms with Crippen molar-refractivity contribution in [3.05, 3.63) is 23.3 Å². The number of likely N-dealkylation sites (tertiary alicyclic amines) is 1. The number of ketones is 1. The number of aliphatic hydroxyl groups excluding tert-OH is 2. The number of nitrogens with zero attached hydrogens (tertiary/aromatic N) is 1. The number of piperidine rings is 1. The Bertz CT molecular complexity index is 996. The molecule has 38 heavy (non-hydrogen) atoms. The minimum Gasteiger partial charge on any atom is -0.492 e. The van der Waals surface area contributed by atoms with E-state index in [-0.39, 0.29) is 5.78 Å². The lowest BCUT2D eigenvalue weighted by atomic mass is 9.95. The van der Waals surface area contributed by atoms with Gasteiger partial charge >= 0.3 is 11.9 Å².